The molecule has 1 aromatic rings. The molecule has 1 aromatic carbocycles. The highest BCUT2D eigenvalue weighted by Gasteiger charge is 2.19. The average Bonchev–Trinajstić information content (AvgIpc) is 2.63. The summed E-state index contributed by atoms with van der Waals surface area (Å²) in [5, 5.41) is 8.99. The monoisotopic (exact) mass is 208 g/mol. The number of aromatic carboxylic acids is 1. The van der Waals surface area contributed by atoms with Gasteiger partial charge in [0.2, 0.25) is 0 Å². The first-order valence-electron chi connectivity index (χ1n) is 4.88. The summed E-state index contributed by atoms with van der Waals surface area (Å²) in [6.45, 7) is 2.90. The van der Waals surface area contributed by atoms with Crippen molar-refractivity contribution in [2.24, 2.45) is 0 Å². The van der Waals surface area contributed by atoms with Gasteiger partial charge in [0, 0.05) is 12.0 Å². The molecule has 0 unspecified atom stereocenters. The van der Waals surface area contributed by atoms with E-state index in [9.17, 15) is 4.79 Å². The van der Waals surface area contributed by atoms with Gasteiger partial charge in [0.15, 0.2) is 0 Å². The fraction of sp³-hybridized carbons (Fsp3) is 0.364. The number of carbonyl (C=O) groups is 1. The smallest absolute Gasteiger partial charge is 0.339 e. The summed E-state index contributed by atoms with van der Waals surface area (Å²) in [5.41, 5.74) is 1.18. The molecule has 1 N–H and O–H groups in total. The molecule has 0 spiro atoms. The molecule has 0 fully saturated rings. The predicted molar refractivity (Wildman–Crippen MR) is 53.8 cm³/mol. The van der Waals surface area contributed by atoms with Crippen LogP contribution in [0.1, 0.15) is 22.8 Å². The van der Waals surface area contributed by atoms with Crippen LogP contribution in [0, 0.1) is 0 Å². The van der Waals surface area contributed by atoms with Gasteiger partial charge in [0.1, 0.15) is 17.1 Å². The van der Waals surface area contributed by atoms with Gasteiger partial charge in [-0.2, -0.15) is 0 Å². The first kappa shape index (κ1) is 9.83. The number of carboxylic acid groups (broad SMARTS) is 1. The van der Waals surface area contributed by atoms with Gasteiger partial charge in [0.05, 0.1) is 13.2 Å². The molecule has 1 heterocycles. The average molecular weight is 208 g/mol. The maximum atomic E-state index is 11.0. The Morgan fingerprint density at radius 3 is 3.07 bits per heavy atom. The molecule has 0 radical (unpaired) electrons. The number of benzene rings is 1. The fourth-order valence-electron chi connectivity index (χ4n) is 1.64. The van der Waals surface area contributed by atoms with Crippen molar-refractivity contribution < 1.29 is 19.4 Å². The van der Waals surface area contributed by atoms with E-state index in [1.165, 1.54) is 6.07 Å². The zero-order valence-electron chi connectivity index (χ0n) is 8.45. The molecular formula is C11H12O4. The molecule has 2 rings (SSSR count). The summed E-state index contributed by atoms with van der Waals surface area (Å²) in [7, 11) is 0. The Kier molecular flexibility index (Phi) is 2.49. The van der Waals surface area contributed by atoms with Crippen LogP contribution < -0.4 is 9.47 Å². The minimum atomic E-state index is -0.989. The Labute approximate surface area is 87.4 Å². The van der Waals surface area contributed by atoms with Gasteiger partial charge >= 0.3 is 5.97 Å². The fourth-order valence-corrected chi connectivity index (χ4v) is 1.64. The molecular weight excluding hydrogens is 196 g/mol. The summed E-state index contributed by atoms with van der Waals surface area (Å²) in [5.74, 6) is 0.0989. The van der Waals surface area contributed by atoms with E-state index in [0.29, 0.717) is 24.7 Å². The molecule has 80 valence electrons. The summed E-state index contributed by atoms with van der Waals surface area (Å²) >= 11 is 0. The highest BCUT2D eigenvalue weighted by molar-refractivity contribution is 5.91. The Morgan fingerprint density at radius 2 is 2.40 bits per heavy atom. The predicted octanol–water partition coefficient (Wildman–Crippen LogP) is 1.72. The Bertz CT molecular complexity index is 398. The Morgan fingerprint density at radius 1 is 1.60 bits per heavy atom. The van der Waals surface area contributed by atoms with Gasteiger partial charge in [-0.3, -0.25) is 0 Å². The molecule has 0 bridgehead atoms. The number of fused-ring (bicyclic) bond motifs is 1. The van der Waals surface area contributed by atoms with Crippen LogP contribution in [0.4, 0.5) is 0 Å². The lowest BCUT2D eigenvalue weighted by Gasteiger charge is -2.09. The van der Waals surface area contributed by atoms with Crippen molar-refractivity contribution in [1.29, 1.82) is 0 Å². The van der Waals surface area contributed by atoms with Crippen molar-refractivity contribution in [3.05, 3.63) is 23.3 Å². The SMILES string of the molecule is CCOc1cc2c(cc1C(=O)O)OCC2. The molecule has 0 aliphatic carbocycles. The van der Waals surface area contributed by atoms with Crippen molar-refractivity contribution >= 4 is 5.97 Å². The molecule has 4 heteroatoms. The standard InChI is InChI=1S/C11H12O4/c1-2-14-10-5-7-3-4-15-9(7)6-8(10)11(12)13/h5-6H,2-4H2,1H3,(H,12,13). The maximum Gasteiger partial charge on any atom is 0.339 e. The molecule has 4 nitrogen and oxygen atoms in total. The summed E-state index contributed by atoms with van der Waals surface area (Å²) in [6.07, 6.45) is 0.815. The topological polar surface area (TPSA) is 55.8 Å². The molecule has 0 amide bonds. The first-order chi connectivity index (χ1) is 7.22. The summed E-state index contributed by atoms with van der Waals surface area (Å²) in [6, 6.07) is 3.30. The van der Waals surface area contributed by atoms with E-state index in [0.717, 1.165) is 12.0 Å². The minimum absolute atomic E-state index is 0.164. The molecule has 0 saturated heterocycles. The van der Waals surface area contributed by atoms with Crippen LogP contribution in [0.5, 0.6) is 11.5 Å². The van der Waals surface area contributed by atoms with Crippen LogP contribution in [0.15, 0.2) is 12.1 Å². The molecule has 15 heavy (non-hydrogen) atoms. The van der Waals surface area contributed by atoms with Crippen LogP contribution in [0.3, 0.4) is 0 Å². The number of ether oxygens (including phenoxy) is 2. The van der Waals surface area contributed by atoms with E-state index in [1.807, 2.05) is 6.92 Å². The molecule has 0 atom stereocenters. The van der Waals surface area contributed by atoms with Gasteiger partial charge in [-0.1, -0.05) is 0 Å². The minimum Gasteiger partial charge on any atom is -0.493 e. The lowest BCUT2D eigenvalue weighted by Crippen LogP contribution is -2.03. The van der Waals surface area contributed by atoms with Crippen molar-refractivity contribution in [1.82, 2.24) is 0 Å². The first-order valence-corrected chi connectivity index (χ1v) is 4.88. The van der Waals surface area contributed by atoms with Crippen LogP contribution in [0.2, 0.25) is 0 Å². The highest BCUT2D eigenvalue weighted by Crippen LogP contribution is 2.32. The van der Waals surface area contributed by atoms with Gasteiger partial charge in [-0.15, -0.1) is 0 Å². The second kappa shape index (κ2) is 3.81. The molecule has 1 aliphatic rings. The lowest BCUT2D eigenvalue weighted by atomic mass is 10.1. The number of hydrogen-bond acceptors (Lipinski definition) is 3. The molecule has 1 aliphatic heterocycles. The molecule has 0 aromatic heterocycles. The quantitative estimate of drug-likeness (QED) is 0.821. The maximum absolute atomic E-state index is 11.0. The second-order valence-corrected chi connectivity index (χ2v) is 3.29. The van der Waals surface area contributed by atoms with Crippen LogP contribution in [0.25, 0.3) is 0 Å². The number of hydrogen-bond donors (Lipinski definition) is 1. The van der Waals surface area contributed by atoms with Crippen molar-refractivity contribution in [2.45, 2.75) is 13.3 Å². The van der Waals surface area contributed by atoms with Crippen molar-refractivity contribution in [3.8, 4) is 11.5 Å². The number of rotatable bonds is 3. The second-order valence-electron chi connectivity index (χ2n) is 3.29. The third kappa shape index (κ3) is 1.75. The van der Waals surface area contributed by atoms with Gasteiger partial charge in [0.25, 0.3) is 0 Å². The van der Waals surface area contributed by atoms with E-state index >= 15 is 0 Å². The zero-order valence-corrected chi connectivity index (χ0v) is 8.45. The third-order valence-electron chi connectivity index (χ3n) is 2.32. The van der Waals surface area contributed by atoms with E-state index in [-0.39, 0.29) is 5.56 Å². The van der Waals surface area contributed by atoms with Gasteiger partial charge in [-0.05, 0) is 19.1 Å². The normalized spacial score (nSPS) is 13.1. The van der Waals surface area contributed by atoms with E-state index in [4.69, 9.17) is 14.6 Å². The zero-order chi connectivity index (χ0) is 10.8. The van der Waals surface area contributed by atoms with E-state index in [2.05, 4.69) is 0 Å². The third-order valence-corrected chi connectivity index (χ3v) is 2.32. The van der Waals surface area contributed by atoms with Gasteiger partial charge < -0.3 is 14.6 Å². The largest absolute Gasteiger partial charge is 0.493 e. The van der Waals surface area contributed by atoms with Crippen molar-refractivity contribution in [2.75, 3.05) is 13.2 Å². The Balaban J connectivity index is 2.47. The van der Waals surface area contributed by atoms with E-state index < -0.39 is 5.97 Å². The van der Waals surface area contributed by atoms with Crippen LogP contribution >= 0.6 is 0 Å². The van der Waals surface area contributed by atoms with E-state index in [1.54, 1.807) is 6.07 Å². The highest BCUT2D eigenvalue weighted by atomic mass is 16.5. The van der Waals surface area contributed by atoms with Gasteiger partial charge in [-0.25, -0.2) is 4.79 Å². The molecule has 0 saturated carbocycles. The number of carboxylic acids is 1. The summed E-state index contributed by atoms with van der Waals surface area (Å²) < 4.78 is 10.6. The summed E-state index contributed by atoms with van der Waals surface area (Å²) in [4.78, 5) is 11.0. The Hall–Kier alpha value is -1.71. The van der Waals surface area contributed by atoms with Crippen molar-refractivity contribution in [3.63, 3.8) is 0 Å². The lowest BCUT2D eigenvalue weighted by molar-refractivity contribution is 0.0692. The van der Waals surface area contributed by atoms with Crippen LogP contribution in [-0.4, -0.2) is 24.3 Å². The van der Waals surface area contributed by atoms with Crippen LogP contribution in [-0.2, 0) is 6.42 Å².